The van der Waals surface area contributed by atoms with Gasteiger partial charge in [0.2, 0.25) is 0 Å². The molecule has 3 nitrogen and oxygen atoms in total. The Labute approximate surface area is 132 Å². The summed E-state index contributed by atoms with van der Waals surface area (Å²) in [5, 5.41) is 3.88. The van der Waals surface area contributed by atoms with Crippen LogP contribution in [-0.2, 0) is 16.4 Å². The lowest BCUT2D eigenvalue weighted by Gasteiger charge is -2.08. The fraction of sp³-hybridized carbons (Fsp3) is 0.143. The predicted octanol–water partition coefficient (Wildman–Crippen LogP) is 4.12. The third-order valence-electron chi connectivity index (χ3n) is 2.76. The van der Waals surface area contributed by atoms with Crippen molar-refractivity contribution < 1.29 is 8.42 Å². The molecule has 0 radical (unpaired) electrons. The molecule has 0 aliphatic heterocycles. The molecule has 0 atom stereocenters. The third-order valence-corrected chi connectivity index (χ3v) is 5.12. The van der Waals surface area contributed by atoms with Crippen LogP contribution < -0.4 is 5.32 Å². The second-order valence-electron chi connectivity index (χ2n) is 4.40. The Morgan fingerprint density at radius 1 is 1.15 bits per heavy atom. The van der Waals surface area contributed by atoms with E-state index in [-0.39, 0.29) is 0 Å². The molecule has 0 aromatic heterocycles. The van der Waals surface area contributed by atoms with Crippen LogP contribution in [0.3, 0.4) is 0 Å². The molecule has 0 unspecified atom stereocenters. The highest BCUT2D eigenvalue weighted by Crippen LogP contribution is 2.23. The van der Waals surface area contributed by atoms with E-state index >= 15 is 0 Å². The summed E-state index contributed by atoms with van der Waals surface area (Å²) in [5.74, 6) is 0. The van der Waals surface area contributed by atoms with Gasteiger partial charge in [-0.3, -0.25) is 0 Å². The zero-order valence-corrected chi connectivity index (χ0v) is 13.9. The number of anilines is 1. The van der Waals surface area contributed by atoms with Crippen molar-refractivity contribution >= 4 is 43.1 Å². The summed E-state index contributed by atoms with van der Waals surface area (Å²) in [5.41, 5.74) is 1.90. The van der Waals surface area contributed by atoms with Gasteiger partial charge >= 0.3 is 0 Å². The van der Waals surface area contributed by atoms with Crippen molar-refractivity contribution in [2.75, 3.05) is 11.6 Å². The standard InChI is InChI=1S/C14H13BrClNO2S/c1-20(18,19)12-5-3-11(4-6-12)17-9-10-2-7-13(15)14(16)8-10/h2-8,17H,9H2,1H3. The Morgan fingerprint density at radius 2 is 1.80 bits per heavy atom. The van der Waals surface area contributed by atoms with Gasteiger partial charge in [0.05, 0.1) is 9.92 Å². The smallest absolute Gasteiger partial charge is 0.175 e. The SMILES string of the molecule is CS(=O)(=O)c1ccc(NCc2ccc(Br)c(Cl)c2)cc1. The molecule has 0 amide bonds. The number of hydrogen-bond acceptors (Lipinski definition) is 3. The van der Waals surface area contributed by atoms with Gasteiger partial charge in [-0.2, -0.15) is 0 Å². The summed E-state index contributed by atoms with van der Waals surface area (Å²) in [6.45, 7) is 0.616. The topological polar surface area (TPSA) is 46.2 Å². The minimum absolute atomic E-state index is 0.315. The summed E-state index contributed by atoms with van der Waals surface area (Å²) in [4.78, 5) is 0.315. The first-order valence-electron chi connectivity index (χ1n) is 5.84. The first-order chi connectivity index (χ1) is 9.36. The molecule has 20 heavy (non-hydrogen) atoms. The van der Waals surface area contributed by atoms with Gasteiger partial charge < -0.3 is 5.32 Å². The van der Waals surface area contributed by atoms with Gasteiger partial charge in [0.1, 0.15) is 0 Å². The number of halogens is 2. The Bertz CT molecular complexity index is 714. The molecule has 0 heterocycles. The van der Waals surface area contributed by atoms with Crippen molar-refractivity contribution in [2.45, 2.75) is 11.4 Å². The molecule has 1 N–H and O–H groups in total. The molecule has 0 spiro atoms. The van der Waals surface area contributed by atoms with Gasteiger partial charge in [-0.15, -0.1) is 0 Å². The van der Waals surface area contributed by atoms with E-state index in [0.717, 1.165) is 15.7 Å². The number of benzene rings is 2. The Kier molecular flexibility index (Phi) is 4.73. The van der Waals surface area contributed by atoms with Crippen LogP contribution in [0.15, 0.2) is 51.8 Å². The van der Waals surface area contributed by atoms with Crippen LogP contribution in [0.2, 0.25) is 5.02 Å². The lowest BCUT2D eigenvalue weighted by atomic mass is 10.2. The lowest BCUT2D eigenvalue weighted by Crippen LogP contribution is -2.01. The van der Waals surface area contributed by atoms with Gasteiger partial charge in [-0.25, -0.2) is 8.42 Å². The van der Waals surface area contributed by atoms with E-state index in [9.17, 15) is 8.42 Å². The largest absolute Gasteiger partial charge is 0.381 e. The van der Waals surface area contributed by atoms with E-state index in [1.165, 1.54) is 6.26 Å². The fourth-order valence-electron chi connectivity index (χ4n) is 1.67. The molecule has 6 heteroatoms. The molecule has 0 bridgehead atoms. The number of hydrogen-bond donors (Lipinski definition) is 1. The number of rotatable bonds is 4. The minimum Gasteiger partial charge on any atom is -0.381 e. The van der Waals surface area contributed by atoms with Crippen molar-refractivity contribution in [3.63, 3.8) is 0 Å². The van der Waals surface area contributed by atoms with Gasteiger partial charge in [0.15, 0.2) is 9.84 Å². The summed E-state index contributed by atoms with van der Waals surface area (Å²) >= 11 is 9.37. The number of sulfone groups is 1. The molecule has 0 saturated heterocycles. The van der Waals surface area contributed by atoms with Crippen molar-refractivity contribution in [1.29, 1.82) is 0 Å². The monoisotopic (exact) mass is 373 g/mol. The van der Waals surface area contributed by atoms with E-state index in [1.807, 2.05) is 18.2 Å². The van der Waals surface area contributed by atoms with E-state index in [2.05, 4.69) is 21.2 Å². The van der Waals surface area contributed by atoms with Crippen LogP contribution in [0, 0.1) is 0 Å². The quantitative estimate of drug-likeness (QED) is 0.875. The zero-order chi connectivity index (χ0) is 14.8. The molecule has 0 aliphatic carbocycles. The van der Waals surface area contributed by atoms with E-state index in [1.54, 1.807) is 24.3 Å². The summed E-state index contributed by atoms with van der Waals surface area (Å²) < 4.78 is 23.6. The maximum absolute atomic E-state index is 11.4. The molecule has 0 saturated carbocycles. The predicted molar refractivity (Wildman–Crippen MR) is 86.0 cm³/mol. The molecule has 2 rings (SSSR count). The van der Waals surface area contributed by atoms with Crippen LogP contribution in [-0.4, -0.2) is 14.7 Å². The summed E-state index contributed by atoms with van der Waals surface area (Å²) in [6, 6.07) is 12.4. The fourth-order valence-corrected chi connectivity index (χ4v) is 2.75. The molecular weight excluding hydrogens is 362 g/mol. The van der Waals surface area contributed by atoms with Crippen LogP contribution >= 0.6 is 27.5 Å². The van der Waals surface area contributed by atoms with Crippen LogP contribution in [0.5, 0.6) is 0 Å². The van der Waals surface area contributed by atoms with Crippen molar-refractivity contribution in [3.8, 4) is 0 Å². The Morgan fingerprint density at radius 3 is 2.35 bits per heavy atom. The molecule has 2 aromatic rings. The lowest BCUT2D eigenvalue weighted by molar-refractivity contribution is 0.602. The van der Waals surface area contributed by atoms with E-state index < -0.39 is 9.84 Å². The first-order valence-corrected chi connectivity index (χ1v) is 8.90. The van der Waals surface area contributed by atoms with Crippen molar-refractivity contribution in [1.82, 2.24) is 0 Å². The maximum atomic E-state index is 11.4. The molecule has 0 aliphatic rings. The normalized spacial score (nSPS) is 11.3. The molecule has 0 fully saturated rings. The highest BCUT2D eigenvalue weighted by Gasteiger charge is 2.06. The number of nitrogens with one attached hydrogen (secondary N) is 1. The molecule has 106 valence electrons. The average Bonchev–Trinajstić information content (AvgIpc) is 2.40. The van der Waals surface area contributed by atoms with Gasteiger partial charge in [0.25, 0.3) is 0 Å². The third kappa shape index (κ3) is 3.98. The second kappa shape index (κ2) is 6.16. The summed E-state index contributed by atoms with van der Waals surface area (Å²) in [6.07, 6.45) is 1.19. The highest BCUT2D eigenvalue weighted by molar-refractivity contribution is 9.10. The summed E-state index contributed by atoms with van der Waals surface area (Å²) in [7, 11) is -3.15. The molecule has 2 aromatic carbocycles. The molecular formula is C14H13BrClNO2S. The van der Waals surface area contributed by atoms with Crippen molar-refractivity contribution in [2.24, 2.45) is 0 Å². The minimum atomic E-state index is -3.15. The maximum Gasteiger partial charge on any atom is 0.175 e. The van der Waals surface area contributed by atoms with Crippen LogP contribution in [0.1, 0.15) is 5.56 Å². The van der Waals surface area contributed by atoms with Crippen molar-refractivity contribution in [3.05, 3.63) is 57.5 Å². The van der Waals surface area contributed by atoms with Crippen LogP contribution in [0.25, 0.3) is 0 Å². The van der Waals surface area contributed by atoms with E-state index in [4.69, 9.17) is 11.6 Å². The zero-order valence-electron chi connectivity index (χ0n) is 10.7. The Hall–Kier alpha value is -1.04. The van der Waals surface area contributed by atoms with E-state index in [0.29, 0.717) is 16.5 Å². The Balaban J connectivity index is 2.06. The van der Waals surface area contributed by atoms with Crippen LogP contribution in [0.4, 0.5) is 5.69 Å². The van der Waals surface area contributed by atoms with Gasteiger partial charge in [0, 0.05) is 23.0 Å². The van der Waals surface area contributed by atoms with Gasteiger partial charge in [-0.1, -0.05) is 17.7 Å². The highest BCUT2D eigenvalue weighted by atomic mass is 79.9. The van der Waals surface area contributed by atoms with Gasteiger partial charge in [-0.05, 0) is 57.9 Å². The first kappa shape index (κ1) is 15.4. The average molecular weight is 375 g/mol. The second-order valence-corrected chi connectivity index (χ2v) is 7.68.